The van der Waals surface area contributed by atoms with Crippen LogP contribution in [-0.4, -0.2) is 22.0 Å². The van der Waals surface area contributed by atoms with Crippen LogP contribution in [-0.2, 0) is 0 Å². The minimum atomic E-state index is -1.27. The molecule has 0 spiro atoms. The van der Waals surface area contributed by atoms with Gasteiger partial charge >= 0.3 is 0 Å². The molecule has 2 aromatic carbocycles. The fourth-order valence-electron chi connectivity index (χ4n) is 2.57. The average Bonchev–Trinajstić information content (AvgIpc) is 2.92. The topological polar surface area (TPSA) is 82.3 Å². The first-order chi connectivity index (χ1) is 12.5. The molecule has 0 radical (unpaired) electrons. The number of halogens is 1. The summed E-state index contributed by atoms with van der Waals surface area (Å²) in [5.41, 5.74) is 6.78. The van der Waals surface area contributed by atoms with E-state index in [9.17, 15) is 9.90 Å². The summed E-state index contributed by atoms with van der Waals surface area (Å²) in [6, 6.07) is 14.0. The molecule has 0 unspecified atom stereocenters. The number of nitrogens with zero attached hydrogens (tertiary/aromatic N) is 3. The second-order valence-electron chi connectivity index (χ2n) is 5.68. The minimum Gasteiger partial charge on any atom is -0.545 e. The number of anilines is 1. The Kier molecular flexibility index (Phi) is 5.04. The van der Waals surface area contributed by atoms with Crippen molar-refractivity contribution in [1.82, 2.24) is 9.78 Å². The van der Waals surface area contributed by atoms with Crippen LogP contribution in [0.3, 0.4) is 0 Å². The molecule has 0 fully saturated rings. The van der Waals surface area contributed by atoms with Crippen molar-refractivity contribution in [3.63, 3.8) is 0 Å². The molecular formula is C19H16ClN4O2-. The van der Waals surface area contributed by atoms with Gasteiger partial charge in [0.25, 0.3) is 0 Å². The highest BCUT2D eigenvalue weighted by Gasteiger charge is 2.11. The standard InChI is InChI=1S/C19H17ClN4O2/c1-12-16(13(2)24(23-12)15-6-4-3-5-7-15)11-21-22-18-10-14(19(25)26)8-9-17(18)20/h3-11,22H,1-2H3,(H,25,26)/p-1/b21-11-. The Balaban J connectivity index is 1.85. The van der Waals surface area contributed by atoms with Gasteiger partial charge in [-0.15, -0.1) is 0 Å². The van der Waals surface area contributed by atoms with E-state index in [-0.39, 0.29) is 5.56 Å². The maximum Gasteiger partial charge on any atom is 0.0754 e. The molecule has 1 N–H and O–H groups in total. The molecule has 26 heavy (non-hydrogen) atoms. The molecule has 7 heteroatoms. The number of para-hydroxylation sites is 1. The zero-order valence-corrected chi connectivity index (χ0v) is 15.0. The van der Waals surface area contributed by atoms with Crippen LogP contribution in [0.1, 0.15) is 27.3 Å². The van der Waals surface area contributed by atoms with Crippen molar-refractivity contribution in [3.05, 3.63) is 76.1 Å². The van der Waals surface area contributed by atoms with Crippen LogP contribution in [0.2, 0.25) is 5.02 Å². The summed E-state index contributed by atoms with van der Waals surface area (Å²) in [4.78, 5) is 11.0. The molecule has 132 valence electrons. The van der Waals surface area contributed by atoms with Crippen molar-refractivity contribution in [3.8, 4) is 5.69 Å². The summed E-state index contributed by atoms with van der Waals surface area (Å²) in [6.45, 7) is 3.86. The van der Waals surface area contributed by atoms with Gasteiger partial charge in [0.15, 0.2) is 0 Å². The number of hydrogen-bond donors (Lipinski definition) is 1. The third-order valence-corrected chi connectivity index (χ3v) is 4.26. The highest BCUT2D eigenvalue weighted by atomic mass is 35.5. The van der Waals surface area contributed by atoms with Crippen LogP contribution in [0.15, 0.2) is 53.6 Å². The largest absolute Gasteiger partial charge is 0.545 e. The first kappa shape index (κ1) is 17.7. The molecule has 0 amide bonds. The summed E-state index contributed by atoms with van der Waals surface area (Å²) < 4.78 is 1.85. The van der Waals surface area contributed by atoms with Crippen molar-refractivity contribution < 1.29 is 9.90 Å². The highest BCUT2D eigenvalue weighted by Crippen LogP contribution is 2.23. The molecule has 3 rings (SSSR count). The van der Waals surface area contributed by atoms with Gasteiger partial charge in [-0.25, -0.2) is 4.68 Å². The lowest BCUT2D eigenvalue weighted by Crippen LogP contribution is -2.22. The van der Waals surface area contributed by atoms with Crippen LogP contribution >= 0.6 is 11.6 Å². The van der Waals surface area contributed by atoms with Gasteiger partial charge in [0, 0.05) is 5.56 Å². The number of rotatable bonds is 5. The van der Waals surface area contributed by atoms with Crippen molar-refractivity contribution in [2.75, 3.05) is 5.43 Å². The quantitative estimate of drug-likeness (QED) is 0.555. The van der Waals surface area contributed by atoms with Gasteiger partial charge in [-0.3, -0.25) is 5.43 Å². The molecule has 3 aromatic rings. The zero-order chi connectivity index (χ0) is 18.7. The third kappa shape index (κ3) is 3.60. The van der Waals surface area contributed by atoms with Crippen molar-refractivity contribution in [2.24, 2.45) is 5.10 Å². The summed E-state index contributed by atoms with van der Waals surface area (Å²) in [6.07, 6.45) is 1.64. The van der Waals surface area contributed by atoms with Crippen LogP contribution in [0.5, 0.6) is 0 Å². The third-order valence-electron chi connectivity index (χ3n) is 3.93. The molecular weight excluding hydrogens is 352 g/mol. The molecule has 0 bridgehead atoms. The molecule has 1 heterocycles. The molecule has 0 aliphatic rings. The van der Waals surface area contributed by atoms with Gasteiger partial charge in [-0.1, -0.05) is 35.9 Å². The Morgan fingerprint density at radius 3 is 2.65 bits per heavy atom. The number of aryl methyl sites for hydroxylation is 1. The van der Waals surface area contributed by atoms with Crippen LogP contribution in [0.25, 0.3) is 5.69 Å². The van der Waals surface area contributed by atoms with E-state index >= 15 is 0 Å². The number of aromatic carboxylic acids is 1. The van der Waals surface area contributed by atoms with E-state index < -0.39 is 5.97 Å². The van der Waals surface area contributed by atoms with Crippen LogP contribution in [0, 0.1) is 13.8 Å². The number of carboxylic acids is 1. The predicted molar refractivity (Wildman–Crippen MR) is 100 cm³/mol. The van der Waals surface area contributed by atoms with Gasteiger partial charge in [0.05, 0.1) is 40.0 Å². The number of carboxylic acid groups (broad SMARTS) is 1. The number of hydrogen-bond acceptors (Lipinski definition) is 5. The number of carbonyl (C=O) groups is 1. The zero-order valence-electron chi connectivity index (χ0n) is 14.2. The normalized spacial score (nSPS) is 11.0. The monoisotopic (exact) mass is 367 g/mol. The van der Waals surface area contributed by atoms with E-state index in [0.717, 1.165) is 22.6 Å². The second-order valence-corrected chi connectivity index (χ2v) is 6.09. The lowest BCUT2D eigenvalue weighted by Gasteiger charge is -2.07. The van der Waals surface area contributed by atoms with Crippen molar-refractivity contribution in [2.45, 2.75) is 13.8 Å². The minimum absolute atomic E-state index is 0.0244. The van der Waals surface area contributed by atoms with Gasteiger partial charge in [-0.05, 0) is 43.7 Å². The Labute approximate surface area is 155 Å². The molecule has 0 saturated heterocycles. The van der Waals surface area contributed by atoms with Gasteiger partial charge in [0.1, 0.15) is 0 Å². The predicted octanol–water partition coefficient (Wildman–Crippen LogP) is 2.95. The Morgan fingerprint density at radius 1 is 1.23 bits per heavy atom. The summed E-state index contributed by atoms with van der Waals surface area (Å²) in [5, 5.41) is 20.0. The molecule has 0 aliphatic heterocycles. The van der Waals surface area contributed by atoms with E-state index in [4.69, 9.17) is 11.6 Å². The second kappa shape index (κ2) is 7.41. The van der Waals surface area contributed by atoms with E-state index in [1.807, 2.05) is 48.9 Å². The van der Waals surface area contributed by atoms with Crippen LogP contribution in [0.4, 0.5) is 5.69 Å². The summed E-state index contributed by atoms with van der Waals surface area (Å²) >= 11 is 6.06. The smallest absolute Gasteiger partial charge is 0.0754 e. The average molecular weight is 368 g/mol. The Bertz CT molecular complexity index is 981. The van der Waals surface area contributed by atoms with Crippen LogP contribution < -0.4 is 10.5 Å². The number of aromatic nitrogens is 2. The van der Waals surface area contributed by atoms with Gasteiger partial charge in [-0.2, -0.15) is 10.2 Å². The molecule has 0 atom stereocenters. The Morgan fingerprint density at radius 2 is 1.96 bits per heavy atom. The number of carbonyl (C=O) groups excluding carboxylic acids is 1. The van der Waals surface area contributed by atoms with E-state index in [1.54, 1.807) is 6.21 Å². The maximum atomic E-state index is 11.0. The summed E-state index contributed by atoms with van der Waals surface area (Å²) in [5.74, 6) is -1.27. The lowest BCUT2D eigenvalue weighted by molar-refractivity contribution is -0.255. The summed E-state index contributed by atoms with van der Waals surface area (Å²) in [7, 11) is 0. The van der Waals surface area contributed by atoms with Gasteiger partial charge in [0.2, 0.25) is 0 Å². The fraction of sp³-hybridized carbons (Fsp3) is 0.105. The maximum absolute atomic E-state index is 11.0. The first-order valence-electron chi connectivity index (χ1n) is 7.89. The Hall–Kier alpha value is -3.12. The van der Waals surface area contributed by atoms with Crippen molar-refractivity contribution in [1.29, 1.82) is 0 Å². The van der Waals surface area contributed by atoms with E-state index in [2.05, 4.69) is 15.6 Å². The number of hydrazone groups is 1. The molecule has 0 aliphatic carbocycles. The number of nitrogens with one attached hydrogen (secondary N) is 1. The highest BCUT2D eigenvalue weighted by molar-refractivity contribution is 6.33. The van der Waals surface area contributed by atoms with Gasteiger partial charge < -0.3 is 9.90 Å². The fourth-order valence-corrected chi connectivity index (χ4v) is 2.73. The van der Waals surface area contributed by atoms with E-state index in [1.165, 1.54) is 18.2 Å². The van der Waals surface area contributed by atoms with Crippen molar-refractivity contribution >= 4 is 29.5 Å². The molecule has 1 aromatic heterocycles. The molecule has 6 nitrogen and oxygen atoms in total. The number of benzene rings is 2. The SMILES string of the molecule is Cc1nn(-c2ccccc2)c(C)c1/C=N\Nc1cc(C(=O)[O-])ccc1Cl. The molecule has 0 saturated carbocycles. The van der Waals surface area contributed by atoms with E-state index in [0.29, 0.717) is 10.7 Å². The lowest BCUT2D eigenvalue weighted by atomic mass is 10.2. The first-order valence-corrected chi connectivity index (χ1v) is 8.27.